The van der Waals surface area contributed by atoms with Crippen LogP contribution in [-0.4, -0.2) is 9.97 Å². The van der Waals surface area contributed by atoms with E-state index in [9.17, 15) is 13.2 Å². The Kier molecular flexibility index (Phi) is 2.66. The van der Waals surface area contributed by atoms with Crippen LogP contribution in [0, 0.1) is 17.5 Å². The largest absolute Gasteiger partial charge is 0.383 e. The third kappa shape index (κ3) is 1.93. The minimum atomic E-state index is -1.50. The van der Waals surface area contributed by atoms with E-state index in [0.717, 1.165) is 42.7 Å². The average Bonchev–Trinajstić information content (AvgIpc) is 2.84. The molecule has 0 atom stereocenters. The number of hydrogen-bond acceptors (Lipinski definition) is 3. The first kappa shape index (κ1) is 12.0. The zero-order chi connectivity index (χ0) is 13.6. The van der Waals surface area contributed by atoms with Gasteiger partial charge in [-0.2, -0.15) is 0 Å². The number of nitrogens with zero attached hydrogens (tertiary/aromatic N) is 2. The lowest BCUT2D eigenvalue weighted by atomic mass is 10.1. The molecule has 0 radical (unpaired) electrons. The second kappa shape index (κ2) is 4.22. The Morgan fingerprint density at radius 2 is 1.68 bits per heavy atom. The number of aryl methyl sites for hydroxylation is 1. The van der Waals surface area contributed by atoms with E-state index in [4.69, 9.17) is 5.73 Å². The molecular weight excluding hydrogens is 255 g/mol. The van der Waals surface area contributed by atoms with Gasteiger partial charge in [0.05, 0.1) is 0 Å². The fraction of sp³-hybridized carbons (Fsp3) is 0.231. The van der Waals surface area contributed by atoms with Crippen LogP contribution < -0.4 is 5.73 Å². The van der Waals surface area contributed by atoms with Gasteiger partial charge in [0, 0.05) is 16.8 Å². The Morgan fingerprint density at radius 1 is 1.00 bits per heavy atom. The summed E-state index contributed by atoms with van der Waals surface area (Å²) in [5, 5.41) is 0. The van der Waals surface area contributed by atoms with Crippen LogP contribution >= 0.6 is 0 Å². The van der Waals surface area contributed by atoms with Gasteiger partial charge in [-0.3, -0.25) is 0 Å². The Labute approximate surface area is 107 Å². The third-order valence-corrected chi connectivity index (χ3v) is 3.21. The molecule has 1 aromatic carbocycles. The van der Waals surface area contributed by atoms with Gasteiger partial charge >= 0.3 is 0 Å². The first-order valence-electron chi connectivity index (χ1n) is 5.86. The van der Waals surface area contributed by atoms with Crippen LogP contribution in [-0.2, 0) is 12.8 Å². The number of nitrogens with two attached hydrogens (primary N) is 1. The first-order valence-corrected chi connectivity index (χ1v) is 5.86. The summed E-state index contributed by atoms with van der Waals surface area (Å²) in [6.45, 7) is 0. The summed E-state index contributed by atoms with van der Waals surface area (Å²) in [5.74, 6) is -3.59. The number of nitrogen functional groups attached to an aromatic ring is 1. The van der Waals surface area contributed by atoms with Crippen LogP contribution in [0.25, 0.3) is 11.4 Å². The minimum Gasteiger partial charge on any atom is -0.383 e. The lowest BCUT2D eigenvalue weighted by Gasteiger charge is -2.07. The number of benzene rings is 1. The molecule has 2 aromatic rings. The van der Waals surface area contributed by atoms with Crippen molar-refractivity contribution in [1.29, 1.82) is 0 Å². The molecule has 3 rings (SSSR count). The van der Waals surface area contributed by atoms with Gasteiger partial charge < -0.3 is 5.73 Å². The maximum atomic E-state index is 13.2. The molecule has 0 saturated carbocycles. The Hall–Kier alpha value is -2.11. The van der Waals surface area contributed by atoms with Crippen LogP contribution in [0.15, 0.2) is 12.1 Å². The molecule has 0 saturated heterocycles. The number of halogens is 3. The van der Waals surface area contributed by atoms with E-state index < -0.39 is 17.5 Å². The first-order chi connectivity index (χ1) is 9.06. The second-order valence-corrected chi connectivity index (χ2v) is 4.47. The molecule has 6 heteroatoms. The molecule has 1 heterocycles. The number of anilines is 1. The van der Waals surface area contributed by atoms with Crippen molar-refractivity contribution < 1.29 is 13.2 Å². The molecule has 3 nitrogen and oxygen atoms in total. The zero-order valence-electron chi connectivity index (χ0n) is 9.88. The molecule has 0 bridgehead atoms. The maximum absolute atomic E-state index is 13.2. The molecule has 0 spiro atoms. The van der Waals surface area contributed by atoms with E-state index in [2.05, 4.69) is 9.97 Å². The zero-order valence-corrected chi connectivity index (χ0v) is 9.88. The molecule has 1 aromatic heterocycles. The van der Waals surface area contributed by atoms with Crippen molar-refractivity contribution in [2.45, 2.75) is 19.3 Å². The van der Waals surface area contributed by atoms with Crippen molar-refractivity contribution in [1.82, 2.24) is 9.97 Å². The Balaban J connectivity index is 2.15. The van der Waals surface area contributed by atoms with Crippen molar-refractivity contribution in [3.05, 3.63) is 40.8 Å². The standard InChI is InChI=1S/C13H10F3N3/c14-8-4-6(5-9(15)11(8)16)13-18-10-3-1-2-7(10)12(17)19-13/h4-5H,1-3H2,(H2,17,18,19). The van der Waals surface area contributed by atoms with Crippen molar-refractivity contribution in [3.63, 3.8) is 0 Å². The highest BCUT2D eigenvalue weighted by Gasteiger charge is 2.20. The van der Waals surface area contributed by atoms with Gasteiger partial charge in [0.25, 0.3) is 0 Å². The van der Waals surface area contributed by atoms with Gasteiger partial charge in [-0.15, -0.1) is 0 Å². The maximum Gasteiger partial charge on any atom is 0.194 e. The summed E-state index contributed by atoms with van der Waals surface area (Å²) in [6.07, 6.45) is 2.51. The molecule has 0 fully saturated rings. The van der Waals surface area contributed by atoms with Gasteiger partial charge in [-0.05, 0) is 31.4 Å². The molecule has 0 aliphatic heterocycles. The second-order valence-electron chi connectivity index (χ2n) is 4.47. The quantitative estimate of drug-likeness (QED) is 0.806. The lowest BCUT2D eigenvalue weighted by molar-refractivity contribution is 0.447. The molecular formula is C13H10F3N3. The number of hydrogen-bond donors (Lipinski definition) is 1. The van der Waals surface area contributed by atoms with Crippen molar-refractivity contribution in [2.24, 2.45) is 0 Å². The molecule has 1 aliphatic rings. The van der Waals surface area contributed by atoms with Gasteiger partial charge in [0.2, 0.25) is 0 Å². The summed E-state index contributed by atoms with van der Waals surface area (Å²) in [7, 11) is 0. The highest BCUT2D eigenvalue weighted by Crippen LogP contribution is 2.28. The normalized spacial score (nSPS) is 13.6. The lowest BCUT2D eigenvalue weighted by Crippen LogP contribution is -2.03. The van der Waals surface area contributed by atoms with Crippen molar-refractivity contribution in [2.75, 3.05) is 5.73 Å². The van der Waals surface area contributed by atoms with E-state index in [0.29, 0.717) is 5.82 Å². The summed E-state index contributed by atoms with van der Waals surface area (Å²) < 4.78 is 39.3. The summed E-state index contributed by atoms with van der Waals surface area (Å²) in [6, 6.07) is 1.74. The highest BCUT2D eigenvalue weighted by atomic mass is 19.2. The topological polar surface area (TPSA) is 51.8 Å². The monoisotopic (exact) mass is 265 g/mol. The van der Waals surface area contributed by atoms with E-state index in [-0.39, 0.29) is 11.4 Å². The molecule has 2 N–H and O–H groups in total. The van der Waals surface area contributed by atoms with E-state index in [1.165, 1.54) is 0 Å². The predicted molar refractivity (Wildman–Crippen MR) is 63.8 cm³/mol. The van der Waals surface area contributed by atoms with Crippen LogP contribution in [0.5, 0.6) is 0 Å². The van der Waals surface area contributed by atoms with Crippen LogP contribution in [0.4, 0.5) is 19.0 Å². The van der Waals surface area contributed by atoms with E-state index >= 15 is 0 Å². The SMILES string of the molecule is Nc1nc(-c2cc(F)c(F)c(F)c2)nc2c1CCC2. The fourth-order valence-electron chi connectivity index (χ4n) is 2.28. The van der Waals surface area contributed by atoms with Crippen molar-refractivity contribution >= 4 is 5.82 Å². The summed E-state index contributed by atoms with van der Waals surface area (Å²) in [4.78, 5) is 8.29. The average molecular weight is 265 g/mol. The number of aromatic nitrogens is 2. The Bertz CT molecular complexity index is 647. The van der Waals surface area contributed by atoms with E-state index in [1.807, 2.05) is 0 Å². The van der Waals surface area contributed by atoms with Gasteiger partial charge in [-0.25, -0.2) is 23.1 Å². The smallest absolute Gasteiger partial charge is 0.194 e. The molecule has 98 valence electrons. The van der Waals surface area contributed by atoms with Crippen LogP contribution in [0.3, 0.4) is 0 Å². The molecule has 1 aliphatic carbocycles. The van der Waals surface area contributed by atoms with Crippen LogP contribution in [0.1, 0.15) is 17.7 Å². The summed E-state index contributed by atoms with van der Waals surface area (Å²) in [5.41, 5.74) is 7.58. The Morgan fingerprint density at radius 3 is 2.37 bits per heavy atom. The predicted octanol–water partition coefficient (Wildman–Crippen LogP) is 2.63. The number of rotatable bonds is 1. The van der Waals surface area contributed by atoms with Gasteiger partial charge in [-0.1, -0.05) is 0 Å². The van der Waals surface area contributed by atoms with Gasteiger partial charge in [0.1, 0.15) is 5.82 Å². The fourth-order valence-corrected chi connectivity index (χ4v) is 2.28. The van der Waals surface area contributed by atoms with E-state index in [1.54, 1.807) is 0 Å². The minimum absolute atomic E-state index is 0.0813. The number of fused-ring (bicyclic) bond motifs is 1. The van der Waals surface area contributed by atoms with Crippen LogP contribution in [0.2, 0.25) is 0 Å². The molecule has 0 unspecified atom stereocenters. The van der Waals surface area contributed by atoms with Crippen molar-refractivity contribution in [3.8, 4) is 11.4 Å². The molecule has 19 heavy (non-hydrogen) atoms. The molecule has 0 amide bonds. The highest BCUT2D eigenvalue weighted by molar-refractivity contribution is 5.59. The third-order valence-electron chi connectivity index (χ3n) is 3.21. The summed E-state index contributed by atoms with van der Waals surface area (Å²) >= 11 is 0. The van der Waals surface area contributed by atoms with Gasteiger partial charge in [0.15, 0.2) is 23.3 Å².